The van der Waals surface area contributed by atoms with Crippen molar-refractivity contribution in [2.75, 3.05) is 33.4 Å². The van der Waals surface area contributed by atoms with Crippen LogP contribution >= 0.6 is 0 Å². The first-order valence-electron chi connectivity index (χ1n) is 10.9. The molecule has 0 spiro atoms. The summed E-state index contributed by atoms with van der Waals surface area (Å²) in [5, 5.41) is 21.1. The summed E-state index contributed by atoms with van der Waals surface area (Å²) in [6.07, 6.45) is 5.79. The number of hydrogen-bond acceptors (Lipinski definition) is 8. The molecule has 10 nitrogen and oxygen atoms in total. The molecule has 0 radical (unpaired) electrons. The Balaban J connectivity index is 0.000000701. The van der Waals surface area contributed by atoms with E-state index < -0.39 is 23.5 Å². The number of carboxylic acids is 1. The van der Waals surface area contributed by atoms with E-state index in [1.807, 2.05) is 51.9 Å². The van der Waals surface area contributed by atoms with Gasteiger partial charge in [-0.25, -0.2) is 10.2 Å². The average Bonchev–Trinajstić information content (AvgIpc) is 3.26. The highest BCUT2D eigenvalue weighted by molar-refractivity contribution is 5.83. The number of hydrazine groups is 1. The van der Waals surface area contributed by atoms with Crippen molar-refractivity contribution in [2.45, 2.75) is 45.4 Å². The van der Waals surface area contributed by atoms with E-state index in [9.17, 15) is 14.7 Å². The molecule has 1 aromatic rings. The first-order valence-corrected chi connectivity index (χ1v) is 10.9. The first kappa shape index (κ1) is 31.2. The third-order valence-electron chi connectivity index (χ3n) is 5.29. The molecule has 2 rings (SSSR count). The standard InChI is InChI=1S/C13H25N3O5.C10H11N.CH2O/c1-13(2,4-6-21-8-10(18)19)11(15-14)12(20)16-5-3-9(17)7-16;1-3-9-4-6-10(7-5-9)8-11-2;1-2/h9,11,15,17H,3-8,14H2,1-2H3,(H,18,19);1,4-7,11H,8H2,2H3;1H2. The fourth-order valence-electron chi connectivity index (χ4n) is 3.32. The number of β-amino-alcohol motifs (C(OH)–C–C–N with tert-alkyl or cyclic N) is 1. The summed E-state index contributed by atoms with van der Waals surface area (Å²) in [6.45, 7) is 7.34. The summed E-state index contributed by atoms with van der Waals surface area (Å²) in [7, 11) is 1.93. The van der Waals surface area contributed by atoms with Crippen LogP contribution in [0.5, 0.6) is 0 Å². The van der Waals surface area contributed by atoms with E-state index in [1.54, 1.807) is 4.90 Å². The van der Waals surface area contributed by atoms with Crippen LogP contribution in [0.1, 0.15) is 37.8 Å². The summed E-state index contributed by atoms with van der Waals surface area (Å²) in [4.78, 5) is 32.4. The Morgan fingerprint density at radius 2 is 1.97 bits per heavy atom. The predicted molar refractivity (Wildman–Crippen MR) is 129 cm³/mol. The largest absolute Gasteiger partial charge is 0.480 e. The maximum Gasteiger partial charge on any atom is 0.329 e. The molecule has 1 aliphatic heterocycles. The number of nitrogens with one attached hydrogen (secondary N) is 2. The zero-order valence-corrected chi connectivity index (χ0v) is 20.3. The third-order valence-corrected chi connectivity index (χ3v) is 5.29. The highest BCUT2D eigenvalue weighted by Gasteiger charge is 2.38. The molecule has 2 atom stereocenters. The predicted octanol–water partition coefficient (Wildman–Crippen LogP) is 0.131. The number of terminal acetylenes is 1. The molecule has 10 heteroatoms. The van der Waals surface area contributed by atoms with Gasteiger partial charge in [0.05, 0.1) is 6.10 Å². The molecule has 6 N–H and O–H groups in total. The van der Waals surface area contributed by atoms with Crippen molar-refractivity contribution < 1.29 is 29.3 Å². The highest BCUT2D eigenvalue weighted by atomic mass is 16.5. The lowest BCUT2D eigenvalue weighted by molar-refractivity contribution is -0.143. The van der Waals surface area contributed by atoms with Gasteiger partial charge in [0.1, 0.15) is 19.4 Å². The van der Waals surface area contributed by atoms with Crippen molar-refractivity contribution in [2.24, 2.45) is 11.3 Å². The topological polar surface area (TPSA) is 154 Å². The van der Waals surface area contributed by atoms with Crippen molar-refractivity contribution in [3.8, 4) is 12.3 Å². The molecule has 0 bridgehead atoms. The number of aliphatic hydroxyl groups is 1. The van der Waals surface area contributed by atoms with Crippen LogP contribution in [0.2, 0.25) is 0 Å². The zero-order chi connectivity index (χ0) is 26.1. The molecular formula is C24H38N4O6. The lowest BCUT2D eigenvalue weighted by Gasteiger charge is -2.35. The van der Waals surface area contributed by atoms with Crippen LogP contribution in [0.4, 0.5) is 0 Å². The Morgan fingerprint density at radius 3 is 2.41 bits per heavy atom. The monoisotopic (exact) mass is 478 g/mol. The van der Waals surface area contributed by atoms with Gasteiger partial charge < -0.3 is 30.0 Å². The Hall–Kier alpha value is -2.81. The number of aliphatic hydroxyl groups excluding tert-OH is 1. The molecule has 1 amide bonds. The molecule has 2 unspecified atom stereocenters. The van der Waals surface area contributed by atoms with Crippen molar-refractivity contribution in [3.63, 3.8) is 0 Å². The zero-order valence-electron chi connectivity index (χ0n) is 20.3. The Bertz CT molecular complexity index is 779. The van der Waals surface area contributed by atoms with Gasteiger partial charge in [0.25, 0.3) is 0 Å². The van der Waals surface area contributed by atoms with Gasteiger partial charge in [-0.3, -0.25) is 10.6 Å². The molecule has 0 saturated carbocycles. The summed E-state index contributed by atoms with van der Waals surface area (Å²) < 4.78 is 5.01. The van der Waals surface area contributed by atoms with Crippen LogP contribution in [0.3, 0.4) is 0 Å². The fourth-order valence-corrected chi connectivity index (χ4v) is 3.32. The number of likely N-dealkylation sites (tertiary alicyclic amines) is 1. The number of ether oxygens (including phenoxy) is 1. The van der Waals surface area contributed by atoms with E-state index in [2.05, 4.69) is 16.7 Å². The Morgan fingerprint density at radius 1 is 1.35 bits per heavy atom. The van der Waals surface area contributed by atoms with Gasteiger partial charge >= 0.3 is 5.97 Å². The minimum absolute atomic E-state index is 0.155. The summed E-state index contributed by atoms with van der Waals surface area (Å²) >= 11 is 0. The van der Waals surface area contributed by atoms with Gasteiger partial charge in [0.2, 0.25) is 5.91 Å². The summed E-state index contributed by atoms with van der Waals surface area (Å²) in [5.74, 6) is 6.92. The van der Waals surface area contributed by atoms with Gasteiger partial charge in [-0.05, 0) is 43.0 Å². The first-order chi connectivity index (χ1) is 16.1. The molecule has 1 aliphatic rings. The lowest BCUT2D eigenvalue weighted by atomic mass is 9.81. The van der Waals surface area contributed by atoms with Crippen molar-refractivity contribution in [1.82, 2.24) is 15.6 Å². The van der Waals surface area contributed by atoms with Crippen molar-refractivity contribution in [3.05, 3.63) is 35.4 Å². The maximum absolute atomic E-state index is 12.4. The van der Waals surface area contributed by atoms with E-state index in [0.29, 0.717) is 25.9 Å². The Labute approximate surface area is 201 Å². The number of nitrogens with zero attached hydrogens (tertiary/aromatic N) is 1. The number of hydrogen-bond donors (Lipinski definition) is 5. The minimum atomic E-state index is -1.02. The van der Waals surface area contributed by atoms with E-state index in [1.165, 1.54) is 5.56 Å². The Kier molecular flexibility index (Phi) is 15.4. The number of aliphatic carboxylic acids is 1. The molecule has 0 aliphatic carbocycles. The van der Waals surface area contributed by atoms with Crippen LogP contribution in [0.25, 0.3) is 0 Å². The van der Waals surface area contributed by atoms with Gasteiger partial charge in [0, 0.05) is 31.8 Å². The van der Waals surface area contributed by atoms with Crippen molar-refractivity contribution >= 4 is 18.7 Å². The number of benzene rings is 1. The fraction of sp³-hybridized carbons (Fsp3) is 0.542. The normalized spacial score (nSPS) is 15.8. The van der Waals surface area contributed by atoms with Crippen molar-refractivity contribution in [1.29, 1.82) is 0 Å². The molecule has 0 aromatic heterocycles. The second-order valence-corrected chi connectivity index (χ2v) is 8.38. The summed E-state index contributed by atoms with van der Waals surface area (Å²) in [5.41, 5.74) is 4.23. The quantitative estimate of drug-likeness (QED) is 0.137. The number of amides is 1. The SMILES string of the molecule is C#Cc1ccc(CNC)cc1.C=O.CC(C)(CCOCC(=O)O)C(NN)C(=O)N1CCC(O)C1. The number of carbonyl (C=O) groups is 3. The summed E-state index contributed by atoms with van der Waals surface area (Å²) in [6, 6.07) is 7.35. The number of carboxylic acid groups (broad SMARTS) is 1. The van der Waals surface area contributed by atoms with Gasteiger partial charge in [-0.15, -0.1) is 6.42 Å². The number of rotatable bonds is 10. The van der Waals surface area contributed by atoms with E-state index in [-0.39, 0.29) is 19.1 Å². The molecule has 1 saturated heterocycles. The molecule has 190 valence electrons. The number of nitrogens with two attached hydrogens (primary N) is 1. The average molecular weight is 479 g/mol. The molecule has 1 heterocycles. The maximum atomic E-state index is 12.4. The smallest absolute Gasteiger partial charge is 0.329 e. The molecule has 1 fully saturated rings. The lowest BCUT2D eigenvalue weighted by Crippen LogP contribution is -2.56. The molecule has 34 heavy (non-hydrogen) atoms. The number of carbonyl (C=O) groups excluding carboxylic acids is 2. The minimum Gasteiger partial charge on any atom is -0.480 e. The van der Waals surface area contributed by atoms with Gasteiger partial charge in [0.15, 0.2) is 0 Å². The van der Waals surface area contributed by atoms with Crippen LogP contribution < -0.4 is 16.6 Å². The molecular weight excluding hydrogens is 440 g/mol. The van der Waals surface area contributed by atoms with Gasteiger partial charge in [-0.1, -0.05) is 31.9 Å². The van der Waals surface area contributed by atoms with Crippen LogP contribution in [-0.4, -0.2) is 79.3 Å². The second kappa shape index (κ2) is 16.7. The van der Waals surface area contributed by atoms with E-state index >= 15 is 0 Å². The highest BCUT2D eigenvalue weighted by Crippen LogP contribution is 2.27. The van der Waals surface area contributed by atoms with Crippen LogP contribution in [0, 0.1) is 17.8 Å². The second-order valence-electron chi connectivity index (χ2n) is 8.38. The third kappa shape index (κ3) is 11.4. The van der Waals surface area contributed by atoms with E-state index in [0.717, 1.165) is 12.1 Å². The molecule has 1 aromatic carbocycles. The van der Waals surface area contributed by atoms with Crippen LogP contribution in [-0.2, 0) is 25.7 Å². The van der Waals surface area contributed by atoms with Gasteiger partial charge in [-0.2, -0.15) is 0 Å². The van der Waals surface area contributed by atoms with Crippen LogP contribution in [0.15, 0.2) is 24.3 Å². The van der Waals surface area contributed by atoms with E-state index in [4.69, 9.17) is 26.9 Å².